The number of hydrogen-bond donors (Lipinski definition) is 3. The van der Waals surface area contributed by atoms with E-state index in [-0.39, 0.29) is 41.7 Å². The van der Waals surface area contributed by atoms with Crippen molar-refractivity contribution in [2.45, 2.75) is 142 Å². The van der Waals surface area contributed by atoms with Crippen LogP contribution in [0.4, 0.5) is 10.5 Å². The number of anilines is 1. The Kier molecular flexibility index (Phi) is 14.7. The fourth-order valence-electron chi connectivity index (χ4n) is 5.87. The van der Waals surface area contributed by atoms with E-state index in [1.165, 1.54) is 57.4 Å². The van der Waals surface area contributed by atoms with Gasteiger partial charge in [0, 0.05) is 19.4 Å². The summed E-state index contributed by atoms with van der Waals surface area (Å²) in [6.45, 7) is 6.25. The minimum atomic E-state index is -1.04. The Morgan fingerprint density at radius 2 is 1.39 bits per heavy atom. The molecule has 1 aromatic carbocycles. The van der Waals surface area contributed by atoms with Crippen LogP contribution in [-0.2, 0) is 19.1 Å². The predicted molar refractivity (Wildman–Crippen MR) is 175 cm³/mol. The number of rotatable bonds is 19. The number of hydrogen-bond acceptors (Lipinski definition) is 7. The van der Waals surface area contributed by atoms with Gasteiger partial charge in [-0.15, -0.1) is 0 Å². The Bertz CT molecular complexity index is 1240. The van der Waals surface area contributed by atoms with E-state index in [2.05, 4.69) is 16.0 Å². The highest BCUT2D eigenvalue weighted by atomic mass is 16.6. The molecule has 3 rings (SSSR count). The second kappa shape index (κ2) is 18.4. The lowest BCUT2D eigenvalue weighted by atomic mass is 10.0. The SMILES string of the molecule is CC(C)(C)OC(=O)NCCCCCCCCCCCCCCCCC(=O)Nc1cccc2c1C(=O)N(C1CCC(=O)NC1=O)C2=O. The van der Waals surface area contributed by atoms with Crippen LogP contribution in [-0.4, -0.2) is 58.7 Å². The minimum absolute atomic E-state index is 0.0503. The molecule has 3 N–H and O–H groups in total. The van der Waals surface area contributed by atoms with Crippen LogP contribution in [0.5, 0.6) is 0 Å². The maximum Gasteiger partial charge on any atom is 0.407 e. The van der Waals surface area contributed by atoms with Gasteiger partial charge in [-0.1, -0.05) is 83.1 Å². The first-order valence-electron chi connectivity index (χ1n) is 17.1. The average Bonchev–Trinajstić information content (AvgIpc) is 3.23. The minimum Gasteiger partial charge on any atom is -0.444 e. The standard InChI is InChI=1S/C35H52N4O7/c1-35(2,3)46-34(45)36-24-17-15-13-11-9-7-5-4-6-8-10-12-14-16-21-28(40)37-26-20-18-19-25-30(26)33(44)39(32(25)43)27-22-23-29(41)38-31(27)42/h18-20,27H,4-17,21-24H2,1-3H3,(H,36,45)(H,37,40)(H,38,41,42). The summed E-state index contributed by atoms with van der Waals surface area (Å²) in [5.41, 5.74) is 0.0490. The topological polar surface area (TPSA) is 151 Å². The number of alkyl carbamates (subject to hydrolysis) is 1. The molecule has 1 unspecified atom stereocenters. The van der Waals surface area contributed by atoms with E-state index < -0.39 is 35.3 Å². The molecular formula is C35H52N4O7. The van der Waals surface area contributed by atoms with Gasteiger partial charge in [0.05, 0.1) is 16.8 Å². The molecule has 1 fully saturated rings. The first kappa shape index (κ1) is 36.7. The smallest absolute Gasteiger partial charge is 0.407 e. The molecule has 1 aromatic rings. The van der Waals surface area contributed by atoms with Crippen molar-refractivity contribution in [2.24, 2.45) is 0 Å². The fourth-order valence-corrected chi connectivity index (χ4v) is 5.87. The summed E-state index contributed by atoms with van der Waals surface area (Å²) in [5.74, 6) is -2.53. The lowest BCUT2D eigenvalue weighted by molar-refractivity contribution is -0.136. The van der Waals surface area contributed by atoms with Gasteiger partial charge in [-0.25, -0.2) is 4.79 Å². The van der Waals surface area contributed by atoms with Crippen LogP contribution in [0.2, 0.25) is 0 Å². The second-order valence-corrected chi connectivity index (χ2v) is 13.4. The van der Waals surface area contributed by atoms with Gasteiger partial charge >= 0.3 is 6.09 Å². The van der Waals surface area contributed by atoms with Crippen LogP contribution in [0.15, 0.2) is 18.2 Å². The number of carbonyl (C=O) groups is 6. The summed E-state index contributed by atoms with van der Waals surface area (Å²) in [6, 6.07) is 3.66. The third-order valence-electron chi connectivity index (χ3n) is 8.24. The summed E-state index contributed by atoms with van der Waals surface area (Å²) in [7, 11) is 0. The van der Waals surface area contributed by atoms with Gasteiger partial charge in [-0.2, -0.15) is 0 Å². The third-order valence-corrected chi connectivity index (χ3v) is 8.24. The highest BCUT2D eigenvalue weighted by Crippen LogP contribution is 2.32. The Balaban J connectivity index is 1.19. The van der Waals surface area contributed by atoms with Gasteiger partial charge in [0.25, 0.3) is 11.8 Å². The molecule has 2 aliphatic rings. The lowest BCUT2D eigenvalue weighted by Crippen LogP contribution is -2.54. The summed E-state index contributed by atoms with van der Waals surface area (Å²) >= 11 is 0. The van der Waals surface area contributed by atoms with E-state index in [1.807, 2.05) is 20.8 Å². The van der Waals surface area contributed by atoms with Crippen LogP contribution in [0.25, 0.3) is 0 Å². The van der Waals surface area contributed by atoms with Gasteiger partial charge in [0.15, 0.2) is 0 Å². The molecular weight excluding hydrogens is 588 g/mol. The fraction of sp³-hybridized carbons (Fsp3) is 0.657. The molecule has 2 heterocycles. The number of carbonyl (C=O) groups excluding carboxylic acids is 6. The zero-order valence-electron chi connectivity index (χ0n) is 27.8. The van der Waals surface area contributed by atoms with E-state index in [1.54, 1.807) is 12.1 Å². The van der Waals surface area contributed by atoms with Gasteiger partial charge in [0.2, 0.25) is 17.7 Å². The molecule has 11 nitrogen and oxygen atoms in total. The van der Waals surface area contributed by atoms with Crippen molar-refractivity contribution >= 4 is 41.3 Å². The van der Waals surface area contributed by atoms with Crippen molar-refractivity contribution in [1.82, 2.24) is 15.5 Å². The third kappa shape index (κ3) is 11.9. The van der Waals surface area contributed by atoms with Crippen molar-refractivity contribution in [3.8, 4) is 0 Å². The van der Waals surface area contributed by atoms with Crippen LogP contribution < -0.4 is 16.0 Å². The summed E-state index contributed by atoms with van der Waals surface area (Å²) < 4.78 is 5.23. The largest absolute Gasteiger partial charge is 0.444 e. The molecule has 0 bridgehead atoms. The zero-order chi connectivity index (χ0) is 33.5. The first-order chi connectivity index (χ1) is 22.0. The molecule has 254 valence electrons. The molecule has 0 aromatic heterocycles. The molecule has 0 saturated carbocycles. The van der Waals surface area contributed by atoms with E-state index >= 15 is 0 Å². The number of nitrogens with one attached hydrogen (secondary N) is 3. The quantitative estimate of drug-likeness (QED) is 0.117. The highest BCUT2D eigenvalue weighted by molar-refractivity contribution is 6.26. The van der Waals surface area contributed by atoms with Crippen LogP contribution >= 0.6 is 0 Å². The summed E-state index contributed by atoms with van der Waals surface area (Å²) in [4.78, 5) is 75.1. The van der Waals surface area contributed by atoms with Gasteiger partial charge in [-0.3, -0.25) is 34.2 Å². The molecule has 6 amide bonds. The number of nitrogens with zero attached hydrogens (tertiary/aromatic N) is 1. The van der Waals surface area contributed by atoms with E-state index in [9.17, 15) is 28.8 Å². The molecule has 0 aliphatic carbocycles. The van der Waals surface area contributed by atoms with Gasteiger partial charge in [-0.05, 0) is 52.2 Å². The number of benzene rings is 1. The zero-order valence-corrected chi connectivity index (χ0v) is 27.8. The van der Waals surface area contributed by atoms with Crippen LogP contribution in [0.1, 0.15) is 151 Å². The van der Waals surface area contributed by atoms with Gasteiger partial charge in [0.1, 0.15) is 11.6 Å². The Hall–Kier alpha value is -3.76. The molecule has 1 atom stereocenters. The van der Waals surface area contributed by atoms with Crippen molar-refractivity contribution in [3.05, 3.63) is 29.3 Å². The first-order valence-corrected chi connectivity index (χ1v) is 17.1. The van der Waals surface area contributed by atoms with Crippen molar-refractivity contribution in [1.29, 1.82) is 0 Å². The maximum atomic E-state index is 13.2. The summed E-state index contributed by atoms with van der Waals surface area (Å²) in [6.07, 6.45) is 16.1. The normalized spacial score (nSPS) is 16.3. The molecule has 1 saturated heterocycles. The number of fused-ring (bicyclic) bond motifs is 1. The van der Waals surface area contributed by atoms with E-state index in [0.29, 0.717) is 13.0 Å². The monoisotopic (exact) mass is 640 g/mol. The predicted octanol–water partition coefficient (Wildman–Crippen LogP) is 6.40. The van der Waals surface area contributed by atoms with Crippen LogP contribution in [0.3, 0.4) is 0 Å². The average molecular weight is 641 g/mol. The van der Waals surface area contributed by atoms with Crippen molar-refractivity contribution < 1.29 is 33.5 Å². The Morgan fingerprint density at radius 1 is 0.826 bits per heavy atom. The molecule has 0 spiro atoms. The van der Waals surface area contributed by atoms with Crippen molar-refractivity contribution in [2.75, 3.05) is 11.9 Å². The van der Waals surface area contributed by atoms with Crippen molar-refractivity contribution in [3.63, 3.8) is 0 Å². The summed E-state index contributed by atoms with van der Waals surface area (Å²) in [5, 5.41) is 7.78. The molecule has 0 radical (unpaired) electrons. The number of imide groups is 2. The highest BCUT2D eigenvalue weighted by Gasteiger charge is 2.45. The van der Waals surface area contributed by atoms with Gasteiger partial charge < -0.3 is 15.4 Å². The van der Waals surface area contributed by atoms with Crippen LogP contribution in [0, 0.1) is 0 Å². The number of amides is 6. The number of unbranched alkanes of at least 4 members (excludes halogenated alkanes) is 13. The molecule has 11 heteroatoms. The Morgan fingerprint density at radius 3 is 1.96 bits per heavy atom. The second-order valence-electron chi connectivity index (χ2n) is 13.4. The molecule has 46 heavy (non-hydrogen) atoms. The van der Waals surface area contributed by atoms with E-state index in [4.69, 9.17) is 4.74 Å². The number of ether oxygens (including phenoxy) is 1. The Labute approximate surface area is 272 Å². The maximum absolute atomic E-state index is 13.2. The molecule has 2 aliphatic heterocycles. The van der Waals surface area contributed by atoms with E-state index in [0.717, 1.165) is 43.4 Å². The number of piperidine rings is 1. The lowest BCUT2D eigenvalue weighted by Gasteiger charge is -2.27.